The van der Waals surface area contributed by atoms with E-state index in [0.717, 1.165) is 24.1 Å². The Labute approximate surface area is 198 Å². The maximum atomic E-state index is 13.5. The van der Waals surface area contributed by atoms with Gasteiger partial charge in [-0.3, -0.25) is 19.3 Å². The molecule has 3 fully saturated rings. The maximum Gasteiger partial charge on any atom is 0.255 e. The van der Waals surface area contributed by atoms with Crippen molar-refractivity contribution < 1.29 is 14.4 Å². The second-order valence-electron chi connectivity index (χ2n) is 9.84. The van der Waals surface area contributed by atoms with Gasteiger partial charge in [0.2, 0.25) is 11.8 Å². The quantitative estimate of drug-likeness (QED) is 0.557. The Bertz CT molecular complexity index is 1270. The number of anilines is 2. The fourth-order valence-electron chi connectivity index (χ4n) is 6.40. The van der Waals surface area contributed by atoms with Gasteiger partial charge >= 0.3 is 0 Å². The lowest BCUT2D eigenvalue weighted by atomic mass is 9.73. The zero-order valence-electron chi connectivity index (χ0n) is 19.0. The van der Waals surface area contributed by atoms with Gasteiger partial charge in [-0.05, 0) is 79.5 Å². The van der Waals surface area contributed by atoms with Crippen LogP contribution in [0.1, 0.15) is 40.2 Å². The van der Waals surface area contributed by atoms with Crippen LogP contribution in [0.5, 0.6) is 0 Å². The summed E-state index contributed by atoms with van der Waals surface area (Å²) in [5.74, 6) is 0.000479. The topological polar surface area (TPSA) is 66.5 Å². The number of benzene rings is 3. The molecule has 1 aliphatic heterocycles. The van der Waals surface area contributed by atoms with E-state index in [2.05, 4.69) is 17.4 Å². The number of aryl methyl sites for hydroxylation is 1. The number of hydrogen-bond acceptors (Lipinski definition) is 3. The van der Waals surface area contributed by atoms with E-state index in [1.54, 1.807) is 24.3 Å². The summed E-state index contributed by atoms with van der Waals surface area (Å²) in [5.41, 5.74) is 4.15. The van der Waals surface area contributed by atoms with E-state index >= 15 is 0 Å². The lowest BCUT2D eigenvalue weighted by Gasteiger charge is -2.28. The molecule has 3 amide bonds. The van der Waals surface area contributed by atoms with Crippen LogP contribution in [0, 0.1) is 30.6 Å². The van der Waals surface area contributed by atoms with Crippen LogP contribution in [0.25, 0.3) is 0 Å². The number of imide groups is 1. The molecule has 5 nitrogen and oxygen atoms in total. The summed E-state index contributed by atoms with van der Waals surface area (Å²) < 4.78 is 0. The van der Waals surface area contributed by atoms with E-state index in [1.165, 1.54) is 10.5 Å². The predicted octanol–water partition coefficient (Wildman–Crippen LogP) is 5.18. The van der Waals surface area contributed by atoms with Crippen LogP contribution in [0.4, 0.5) is 11.4 Å². The highest BCUT2D eigenvalue weighted by Gasteiger charge is 2.64. The van der Waals surface area contributed by atoms with Gasteiger partial charge in [-0.25, -0.2) is 0 Å². The molecule has 170 valence electrons. The number of rotatable bonds is 4. The third-order valence-electron chi connectivity index (χ3n) is 7.94. The smallest absolute Gasteiger partial charge is 0.255 e. The zero-order chi connectivity index (χ0) is 23.4. The van der Waals surface area contributed by atoms with Gasteiger partial charge in [0.15, 0.2) is 0 Å². The Hall–Kier alpha value is -3.73. The molecular weight excluding hydrogens is 424 g/mol. The first-order chi connectivity index (χ1) is 16.5. The third kappa shape index (κ3) is 3.26. The molecule has 1 heterocycles. The largest absolute Gasteiger partial charge is 0.322 e. The van der Waals surface area contributed by atoms with Crippen LogP contribution in [0.3, 0.4) is 0 Å². The summed E-state index contributed by atoms with van der Waals surface area (Å²) in [4.78, 5) is 40.8. The van der Waals surface area contributed by atoms with Crippen molar-refractivity contribution in [3.63, 3.8) is 0 Å². The van der Waals surface area contributed by atoms with Gasteiger partial charge in [0.25, 0.3) is 5.91 Å². The van der Waals surface area contributed by atoms with E-state index in [-0.39, 0.29) is 41.4 Å². The summed E-state index contributed by atoms with van der Waals surface area (Å²) in [5, 5.41) is 2.88. The first-order valence-electron chi connectivity index (χ1n) is 11.9. The fourth-order valence-corrected chi connectivity index (χ4v) is 6.40. The van der Waals surface area contributed by atoms with Gasteiger partial charge in [-0.1, -0.05) is 48.0 Å². The first kappa shape index (κ1) is 20.8. The van der Waals surface area contributed by atoms with Crippen LogP contribution in [-0.2, 0) is 9.59 Å². The van der Waals surface area contributed by atoms with Crippen molar-refractivity contribution in [3.8, 4) is 0 Å². The molecule has 1 N–H and O–H groups in total. The number of amides is 3. The minimum atomic E-state index is -0.235. The van der Waals surface area contributed by atoms with Gasteiger partial charge in [0.1, 0.15) is 0 Å². The van der Waals surface area contributed by atoms with Crippen molar-refractivity contribution in [2.45, 2.75) is 25.7 Å². The summed E-state index contributed by atoms with van der Waals surface area (Å²) in [6.07, 6.45) is 1.93. The second-order valence-corrected chi connectivity index (χ2v) is 9.84. The second kappa shape index (κ2) is 7.94. The lowest BCUT2D eigenvalue weighted by molar-refractivity contribution is -0.123. The van der Waals surface area contributed by atoms with Gasteiger partial charge in [-0.15, -0.1) is 0 Å². The molecule has 2 bridgehead atoms. The Balaban J connectivity index is 1.20. The number of fused-ring (bicyclic) bond motifs is 5. The number of carbonyl (C=O) groups excluding carboxylic acids is 3. The minimum absolute atomic E-state index is 0.0779. The van der Waals surface area contributed by atoms with Crippen molar-refractivity contribution in [2.75, 3.05) is 10.2 Å². The summed E-state index contributed by atoms with van der Waals surface area (Å²) in [6.45, 7) is 1.99. The standard InChI is InChI=1S/C29H26N2O3/c1-17-7-11-21(12-8-17)30-27(32)19-9-13-22(14-10-19)31-28(33)25-20-15-23(18-5-3-2-4-6-18)24(16-20)26(25)29(31)34/h2-14,20,23-26H,15-16H2,1H3,(H,30,32)/t20-,23+,24-,25-,26+/m1/s1. The molecule has 0 spiro atoms. The molecule has 3 aromatic rings. The van der Waals surface area contributed by atoms with Crippen LogP contribution in [0.15, 0.2) is 78.9 Å². The van der Waals surface area contributed by atoms with Crippen molar-refractivity contribution >= 4 is 29.1 Å². The molecule has 6 rings (SSSR count). The lowest BCUT2D eigenvalue weighted by Crippen LogP contribution is -2.33. The van der Waals surface area contributed by atoms with Crippen LogP contribution >= 0.6 is 0 Å². The van der Waals surface area contributed by atoms with E-state index in [4.69, 9.17) is 0 Å². The van der Waals surface area contributed by atoms with Gasteiger partial charge in [-0.2, -0.15) is 0 Å². The molecule has 0 unspecified atom stereocenters. The Morgan fingerprint density at radius 3 is 2.21 bits per heavy atom. The molecule has 3 aromatic carbocycles. The van der Waals surface area contributed by atoms with Gasteiger partial charge in [0.05, 0.1) is 17.5 Å². The van der Waals surface area contributed by atoms with Crippen molar-refractivity contribution in [1.29, 1.82) is 0 Å². The van der Waals surface area contributed by atoms with Crippen LogP contribution < -0.4 is 10.2 Å². The van der Waals surface area contributed by atoms with Crippen molar-refractivity contribution in [2.24, 2.45) is 23.7 Å². The van der Waals surface area contributed by atoms with E-state index in [1.807, 2.05) is 49.4 Å². The molecule has 5 atom stereocenters. The highest BCUT2D eigenvalue weighted by Crippen LogP contribution is 2.61. The normalized spacial score (nSPS) is 27.2. The molecule has 3 aliphatic rings. The van der Waals surface area contributed by atoms with Gasteiger partial charge < -0.3 is 5.32 Å². The van der Waals surface area contributed by atoms with E-state index in [0.29, 0.717) is 17.2 Å². The predicted molar refractivity (Wildman–Crippen MR) is 130 cm³/mol. The van der Waals surface area contributed by atoms with Crippen molar-refractivity contribution in [1.82, 2.24) is 0 Å². The summed E-state index contributed by atoms with van der Waals surface area (Å²) in [6, 6.07) is 24.7. The molecular formula is C29H26N2O3. The summed E-state index contributed by atoms with van der Waals surface area (Å²) in [7, 11) is 0. The zero-order valence-corrected chi connectivity index (χ0v) is 19.0. The third-order valence-corrected chi connectivity index (χ3v) is 7.94. The Morgan fingerprint density at radius 2 is 1.50 bits per heavy atom. The van der Waals surface area contributed by atoms with Crippen LogP contribution in [0.2, 0.25) is 0 Å². The number of carbonyl (C=O) groups is 3. The highest BCUT2D eigenvalue weighted by atomic mass is 16.2. The van der Waals surface area contributed by atoms with Gasteiger partial charge in [0, 0.05) is 11.3 Å². The maximum absolute atomic E-state index is 13.5. The Morgan fingerprint density at radius 1 is 0.824 bits per heavy atom. The average molecular weight is 451 g/mol. The molecule has 0 radical (unpaired) electrons. The van der Waals surface area contributed by atoms with E-state index in [9.17, 15) is 14.4 Å². The molecule has 2 aliphatic carbocycles. The van der Waals surface area contributed by atoms with Crippen molar-refractivity contribution in [3.05, 3.63) is 95.6 Å². The SMILES string of the molecule is Cc1ccc(NC(=O)c2ccc(N3C(=O)[C@@H]4[C@H]5C[C@@H]([C@@H]4C3=O)[C@H](c3ccccc3)C5)cc2)cc1. The molecule has 2 saturated carbocycles. The molecule has 1 saturated heterocycles. The minimum Gasteiger partial charge on any atom is -0.322 e. The fraction of sp³-hybridized carbons (Fsp3) is 0.276. The monoisotopic (exact) mass is 450 g/mol. The number of nitrogens with zero attached hydrogens (tertiary/aromatic N) is 1. The average Bonchev–Trinajstić information content (AvgIpc) is 3.52. The molecule has 34 heavy (non-hydrogen) atoms. The first-order valence-corrected chi connectivity index (χ1v) is 11.9. The number of hydrogen-bond donors (Lipinski definition) is 1. The molecule has 5 heteroatoms. The highest BCUT2D eigenvalue weighted by molar-refractivity contribution is 6.22. The van der Waals surface area contributed by atoms with E-state index < -0.39 is 0 Å². The molecule has 0 aromatic heterocycles. The van der Waals surface area contributed by atoms with Crippen LogP contribution in [-0.4, -0.2) is 17.7 Å². The number of nitrogens with one attached hydrogen (secondary N) is 1. The summed E-state index contributed by atoms with van der Waals surface area (Å²) >= 11 is 0. The Kier molecular flexibility index (Phi) is 4.87.